The summed E-state index contributed by atoms with van der Waals surface area (Å²) in [5.41, 5.74) is 0.896. The lowest BCUT2D eigenvalue weighted by Crippen LogP contribution is -2.32. The SMILES string of the molecule is O=C(O)C=Cc1ccsc1CN1CCCCCCC1=O. The molecule has 108 valence electrons. The summed E-state index contributed by atoms with van der Waals surface area (Å²) < 4.78 is 0. The number of carboxylic acid groups (broad SMARTS) is 1. The molecule has 1 N–H and O–H groups in total. The molecule has 2 heterocycles. The van der Waals surface area contributed by atoms with Crippen LogP contribution in [0.3, 0.4) is 0 Å². The van der Waals surface area contributed by atoms with Gasteiger partial charge in [0.2, 0.25) is 5.91 Å². The fourth-order valence-electron chi connectivity index (χ4n) is 2.34. The predicted molar refractivity (Wildman–Crippen MR) is 79.5 cm³/mol. The van der Waals surface area contributed by atoms with Gasteiger partial charge in [-0.1, -0.05) is 12.8 Å². The molecule has 1 saturated heterocycles. The van der Waals surface area contributed by atoms with Crippen LogP contribution in [-0.4, -0.2) is 28.4 Å². The van der Waals surface area contributed by atoms with Crippen molar-refractivity contribution < 1.29 is 14.7 Å². The maximum Gasteiger partial charge on any atom is 0.328 e. The van der Waals surface area contributed by atoms with E-state index in [2.05, 4.69) is 0 Å². The smallest absolute Gasteiger partial charge is 0.328 e. The van der Waals surface area contributed by atoms with E-state index in [1.165, 1.54) is 6.42 Å². The second-order valence-electron chi connectivity index (χ2n) is 4.95. The van der Waals surface area contributed by atoms with Gasteiger partial charge >= 0.3 is 5.97 Å². The molecule has 1 amide bonds. The Morgan fingerprint density at radius 1 is 1.35 bits per heavy atom. The molecule has 0 unspecified atom stereocenters. The highest BCUT2D eigenvalue weighted by Crippen LogP contribution is 2.22. The van der Waals surface area contributed by atoms with Gasteiger partial charge in [-0.2, -0.15) is 0 Å². The van der Waals surface area contributed by atoms with Crippen molar-refractivity contribution in [2.24, 2.45) is 0 Å². The third-order valence-corrected chi connectivity index (χ3v) is 4.36. The van der Waals surface area contributed by atoms with Crippen LogP contribution in [0.2, 0.25) is 0 Å². The minimum atomic E-state index is -0.954. The van der Waals surface area contributed by atoms with Crippen LogP contribution in [0.15, 0.2) is 17.5 Å². The molecule has 1 aromatic rings. The van der Waals surface area contributed by atoms with Gasteiger partial charge in [0.25, 0.3) is 0 Å². The summed E-state index contributed by atoms with van der Waals surface area (Å²) in [6, 6.07) is 1.90. The summed E-state index contributed by atoms with van der Waals surface area (Å²) >= 11 is 1.57. The van der Waals surface area contributed by atoms with Crippen LogP contribution < -0.4 is 0 Å². The van der Waals surface area contributed by atoms with E-state index in [-0.39, 0.29) is 5.91 Å². The van der Waals surface area contributed by atoms with E-state index in [4.69, 9.17) is 5.11 Å². The van der Waals surface area contributed by atoms with Gasteiger partial charge in [0, 0.05) is 23.9 Å². The van der Waals surface area contributed by atoms with E-state index in [1.54, 1.807) is 17.4 Å². The Morgan fingerprint density at radius 2 is 2.15 bits per heavy atom. The van der Waals surface area contributed by atoms with E-state index in [0.717, 1.165) is 42.3 Å². The lowest BCUT2D eigenvalue weighted by molar-refractivity contribution is -0.132. The molecule has 0 radical (unpaired) electrons. The lowest BCUT2D eigenvalue weighted by Gasteiger charge is -2.24. The number of rotatable bonds is 4. The van der Waals surface area contributed by atoms with Crippen LogP contribution in [0.4, 0.5) is 0 Å². The molecule has 0 aliphatic carbocycles. The normalized spacial score (nSPS) is 17.2. The third-order valence-electron chi connectivity index (χ3n) is 3.44. The lowest BCUT2D eigenvalue weighted by atomic mass is 10.1. The first-order valence-electron chi connectivity index (χ1n) is 6.92. The first-order chi connectivity index (χ1) is 9.66. The van der Waals surface area contributed by atoms with E-state index in [1.807, 2.05) is 16.3 Å². The van der Waals surface area contributed by atoms with Gasteiger partial charge in [-0.15, -0.1) is 11.3 Å². The molecule has 2 rings (SSSR count). The number of carbonyl (C=O) groups excluding carboxylic acids is 1. The Morgan fingerprint density at radius 3 is 2.95 bits per heavy atom. The Balaban J connectivity index is 2.06. The topological polar surface area (TPSA) is 57.6 Å². The van der Waals surface area contributed by atoms with E-state index < -0.39 is 5.97 Å². The zero-order valence-corrected chi connectivity index (χ0v) is 12.2. The van der Waals surface area contributed by atoms with Crippen LogP contribution >= 0.6 is 11.3 Å². The second kappa shape index (κ2) is 7.24. The second-order valence-corrected chi connectivity index (χ2v) is 5.95. The number of hydrogen-bond donors (Lipinski definition) is 1. The average molecular weight is 293 g/mol. The minimum absolute atomic E-state index is 0.214. The summed E-state index contributed by atoms with van der Waals surface area (Å²) in [5, 5.41) is 10.6. The zero-order chi connectivity index (χ0) is 14.4. The number of likely N-dealkylation sites (tertiary alicyclic amines) is 1. The molecule has 20 heavy (non-hydrogen) atoms. The quantitative estimate of drug-likeness (QED) is 0.868. The Labute approximate surface area is 122 Å². The summed E-state index contributed by atoms with van der Waals surface area (Å²) in [7, 11) is 0. The fraction of sp³-hybridized carbons (Fsp3) is 0.467. The molecule has 0 bridgehead atoms. The Bertz CT molecular complexity index is 507. The van der Waals surface area contributed by atoms with Crippen LogP contribution in [-0.2, 0) is 16.1 Å². The predicted octanol–water partition coefficient (Wildman–Crippen LogP) is 3.14. The minimum Gasteiger partial charge on any atom is -0.478 e. The first-order valence-corrected chi connectivity index (χ1v) is 7.80. The number of nitrogens with zero attached hydrogens (tertiary/aromatic N) is 1. The average Bonchev–Trinajstić information content (AvgIpc) is 2.83. The third kappa shape index (κ3) is 4.20. The molecule has 0 aromatic carbocycles. The van der Waals surface area contributed by atoms with Gasteiger partial charge in [0.1, 0.15) is 0 Å². The maximum absolute atomic E-state index is 12.1. The van der Waals surface area contributed by atoms with Crippen molar-refractivity contribution in [3.05, 3.63) is 28.0 Å². The van der Waals surface area contributed by atoms with Crippen molar-refractivity contribution in [1.82, 2.24) is 4.90 Å². The van der Waals surface area contributed by atoms with Gasteiger partial charge < -0.3 is 10.0 Å². The molecular formula is C15H19NO3S. The molecule has 0 atom stereocenters. The molecule has 0 spiro atoms. The Kier molecular flexibility index (Phi) is 5.35. The molecule has 5 heteroatoms. The highest BCUT2D eigenvalue weighted by atomic mass is 32.1. The summed E-state index contributed by atoms with van der Waals surface area (Å²) in [6.45, 7) is 1.40. The standard InChI is InChI=1S/C15H19NO3S/c17-14-5-3-1-2-4-9-16(14)11-13-12(8-10-20-13)6-7-15(18)19/h6-8,10H,1-5,9,11H2,(H,18,19). The van der Waals surface area contributed by atoms with Gasteiger partial charge in [0.15, 0.2) is 0 Å². The van der Waals surface area contributed by atoms with Crippen molar-refractivity contribution >= 4 is 29.3 Å². The molecule has 1 aliphatic heterocycles. The molecule has 1 aromatic heterocycles. The molecule has 0 saturated carbocycles. The van der Waals surface area contributed by atoms with Crippen LogP contribution in [0.5, 0.6) is 0 Å². The highest BCUT2D eigenvalue weighted by molar-refractivity contribution is 7.10. The maximum atomic E-state index is 12.1. The van der Waals surface area contributed by atoms with Crippen molar-refractivity contribution in [2.45, 2.75) is 38.6 Å². The Hall–Kier alpha value is -1.62. The van der Waals surface area contributed by atoms with Crippen LogP contribution in [0, 0.1) is 0 Å². The van der Waals surface area contributed by atoms with Crippen LogP contribution in [0.1, 0.15) is 42.5 Å². The first kappa shape index (κ1) is 14.8. The van der Waals surface area contributed by atoms with E-state index in [0.29, 0.717) is 13.0 Å². The number of carboxylic acids is 1. The number of thiophene rings is 1. The molecule has 1 aliphatic rings. The molecule has 4 nitrogen and oxygen atoms in total. The van der Waals surface area contributed by atoms with E-state index in [9.17, 15) is 9.59 Å². The largest absolute Gasteiger partial charge is 0.478 e. The summed E-state index contributed by atoms with van der Waals surface area (Å²) in [6.07, 6.45) is 7.73. The summed E-state index contributed by atoms with van der Waals surface area (Å²) in [5.74, 6) is -0.740. The number of hydrogen-bond acceptors (Lipinski definition) is 3. The van der Waals surface area contributed by atoms with Gasteiger partial charge in [-0.25, -0.2) is 4.79 Å². The number of amides is 1. The van der Waals surface area contributed by atoms with Gasteiger partial charge in [0.05, 0.1) is 6.54 Å². The fourth-order valence-corrected chi connectivity index (χ4v) is 3.23. The zero-order valence-electron chi connectivity index (χ0n) is 11.4. The van der Waals surface area contributed by atoms with Crippen molar-refractivity contribution in [1.29, 1.82) is 0 Å². The van der Waals surface area contributed by atoms with Crippen molar-refractivity contribution in [3.8, 4) is 0 Å². The molecular weight excluding hydrogens is 274 g/mol. The molecule has 1 fully saturated rings. The monoisotopic (exact) mass is 293 g/mol. The van der Waals surface area contributed by atoms with E-state index >= 15 is 0 Å². The van der Waals surface area contributed by atoms with Gasteiger partial charge in [-0.05, 0) is 35.9 Å². The highest BCUT2D eigenvalue weighted by Gasteiger charge is 2.17. The van der Waals surface area contributed by atoms with Gasteiger partial charge in [-0.3, -0.25) is 4.79 Å². The summed E-state index contributed by atoms with van der Waals surface area (Å²) in [4.78, 5) is 25.6. The van der Waals surface area contributed by atoms with Crippen molar-refractivity contribution in [2.75, 3.05) is 6.54 Å². The van der Waals surface area contributed by atoms with Crippen molar-refractivity contribution in [3.63, 3.8) is 0 Å². The number of aliphatic carboxylic acids is 1. The number of carbonyl (C=O) groups is 2. The van der Waals surface area contributed by atoms with Crippen LogP contribution in [0.25, 0.3) is 6.08 Å².